The number of aryl methyl sites for hydroxylation is 1. The SMILES string of the molecule is CNC(C)c1c(C)nn(CCOCCCOC)c1C. The summed E-state index contributed by atoms with van der Waals surface area (Å²) < 4.78 is 12.6. The summed E-state index contributed by atoms with van der Waals surface area (Å²) in [5.41, 5.74) is 3.61. The number of methoxy groups -OCH3 is 1. The molecule has 1 unspecified atom stereocenters. The Morgan fingerprint density at radius 1 is 1.26 bits per heavy atom. The Hall–Kier alpha value is -0.910. The van der Waals surface area contributed by atoms with Crippen molar-refractivity contribution in [2.75, 3.05) is 34.0 Å². The maximum Gasteiger partial charge on any atom is 0.0662 e. The minimum absolute atomic E-state index is 0.330. The maximum absolute atomic E-state index is 5.57. The molecule has 1 aromatic heterocycles. The smallest absolute Gasteiger partial charge is 0.0662 e. The summed E-state index contributed by atoms with van der Waals surface area (Å²) in [6.07, 6.45) is 0.940. The van der Waals surface area contributed by atoms with Crippen LogP contribution in [0.15, 0.2) is 0 Å². The first kappa shape index (κ1) is 16.1. The lowest BCUT2D eigenvalue weighted by atomic mass is 10.1. The molecule has 0 aromatic carbocycles. The molecule has 5 nitrogen and oxygen atoms in total. The van der Waals surface area contributed by atoms with Gasteiger partial charge < -0.3 is 14.8 Å². The Kier molecular flexibility index (Phi) is 7.05. The molecule has 0 saturated carbocycles. The van der Waals surface area contributed by atoms with Crippen molar-refractivity contribution in [2.24, 2.45) is 0 Å². The van der Waals surface area contributed by atoms with Gasteiger partial charge in [0.1, 0.15) is 0 Å². The second-order valence-corrected chi connectivity index (χ2v) is 4.78. The van der Waals surface area contributed by atoms with E-state index in [0.717, 1.165) is 31.9 Å². The molecule has 0 aliphatic carbocycles. The topological polar surface area (TPSA) is 48.3 Å². The van der Waals surface area contributed by atoms with Crippen molar-refractivity contribution in [3.63, 3.8) is 0 Å². The van der Waals surface area contributed by atoms with E-state index >= 15 is 0 Å². The summed E-state index contributed by atoms with van der Waals surface area (Å²) in [5, 5.41) is 7.85. The van der Waals surface area contributed by atoms with Crippen molar-refractivity contribution < 1.29 is 9.47 Å². The molecule has 1 N–H and O–H groups in total. The Bertz CT molecular complexity index is 377. The van der Waals surface area contributed by atoms with Crippen LogP contribution in [0.4, 0.5) is 0 Å². The molecule has 5 heteroatoms. The van der Waals surface area contributed by atoms with Gasteiger partial charge >= 0.3 is 0 Å². The minimum atomic E-state index is 0.330. The highest BCUT2D eigenvalue weighted by Crippen LogP contribution is 2.20. The first-order chi connectivity index (χ1) is 9.11. The van der Waals surface area contributed by atoms with Crippen LogP contribution < -0.4 is 5.32 Å². The Labute approximate surface area is 116 Å². The number of hydrogen-bond acceptors (Lipinski definition) is 4. The van der Waals surface area contributed by atoms with E-state index in [1.165, 1.54) is 11.3 Å². The zero-order valence-corrected chi connectivity index (χ0v) is 12.8. The van der Waals surface area contributed by atoms with E-state index in [9.17, 15) is 0 Å². The van der Waals surface area contributed by atoms with Crippen LogP contribution in [-0.4, -0.2) is 43.8 Å². The quantitative estimate of drug-likeness (QED) is 0.695. The van der Waals surface area contributed by atoms with Crippen LogP contribution >= 0.6 is 0 Å². The Morgan fingerprint density at radius 3 is 2.63 bits per heavy atom. The second kappa shape index (κ2) is 8.30. The van der Waals surface area contributed by atoms with Gasteiger partial charge in [-0.05, 0) is 34.2 Å². The molecule has 1 rings (SSSR count). The molecule has 19 heavy (non-hydrogen) atoms. The number of rotatable bonds is 9. The van der Waals surface area contributed by atoms with Crippen molar-refractivity contribution in [1.29, 1.82) is 0 Å². The van der Waals surface area contributed by atoms with Crippen LogP contribution in [0.2, 0.25) is 0 Å². The summed E-state index contributed by atoms with van der Waals surface area (Å²) in [6.45, 7) is 9.33. The van der Waals surface area contributed by atoms with Gasteiger partial charge in [0.2, 0.25) is 0 Å². The molecule has 0 radical (unpaired) electrons. The van der Waals surface area contributed by atoms with Crippen molar-refractivity contribution in [2.45, 2.75) is 39.8 Å². The predicted molar refractivity (Wildman–Crippen MR) is 76.5 cm³/mol. The van der Waals surface area contributed by atoms with Gasteiger partial charge in [-0.3, -0.25) is 4.68 Å². The summed E-state index contributed by atoms with van der Waals surface area (Å²) in [7, 11) is 3.68. The van der Waals surface area contributed by atoms with Gasteiger partial charge in [-0.2, -0.15) is 5.10 Å². The molecule has 0 fully saturated rings. The van der Waals surface area contributed by atoms with Gasteiger partial charge in [0.05, 0.1) is 18.8 Å². The third kappa shape index (κ3) is 4.60. The lowest BCUT2D eigenvalue weighted by Crippen LogP contribution is -2.15. The third-order valence-electron chi connectivity index (χ3n) is 3.39. The summed E-state index contributed by atoms with van der Waals surface area (Å²) in [5.74, 6) is 0. The molecule has 1 aromatic rings. The fourth-order valence-corrected chi connectivity index (χ4v) is 2.26. The van der Waals surface area contributed by atoms with E-state index < -0.39 is 0 Å². The maximum atomic E-state index is 5.57. The zero-order valence-electron chi connectivity index (χ0n) is 12.8. The molecule has 110 valence electrons. The van der Waals surface area contributed by atoms with Crippen LogP contribution in [0.5, 0.6) is 0 Å². The molecule has 0 saturated heterocycles. The van der Waals surface area contributed by atoms with Gasteiger partial charge in [0.25, 0.3) is 0 Å². The number of ether oxygens (including phenoxy) is 2. The highest BCUT2D eigenvalue weighted by molar-refractivity contribution is 5.27. The minimum Gasteiger partial charge on any atom is -0.385 e. The lowest BCUT2D eigenvalue weighted by Gasteiger charge is -2.11. The molecule has 0 bridgehead atoms. The van der Waals surface area contributed by atoms with Crippen LogP contribution in [0.1, 0.15) is 36.3 Å². The van der Waals surface area contributed by atoms with Crippen LogP contribution in [0.3, 0.4) is 0 Å². The largest absolute Gasteiger partial charge is 0.385 e. The molecule has 0 amide bonds. The monoisotopic (exact) mass is 269 g/mol. The molecule has 1 heterocycles. The van der Waals surface area contributed by atoms with E-state index in [1.807, 2.05) is 11.7 Å². The highest BCUT2D eigenvalue weighted by Gasteiger charge is 2.15. The summed E-state index contributed by atoms with van der Waals surface area (Å²) >= 11 is 0. The van der Waals surface area contributed by atoms with Crippen LogP contribution in [-0.2, 0) is 16.0 Å². The van der Waals surface area contributed by atoms with Gasteiger partial charge in [0.15, 0.2) is 0 Å². The van der Waals surface area contributed by atoms with Gasteiger partial charge in [-0.1, -0.05) is 0 Å². The van der Waals surface area contributed by atoms with Gasteiger partial charge in [-0.25, -0.2) is 0 Å². The summed E-state index contributed by atoms with van der Waals surface area (Å²) in [4.78, 5) is 0. The number of hydrogen-bond donors (Lipinski definition) is 1. The number of nitrogens with zero attached hydrogens (tertiary/aromatic N) is 2. The highest BCUT2D eigenvalue weighted by atomic mass is 16.5. The lowest BCUT2D eigenvalue weighted by molar-refractivity contribution is 0.0957. The average Bonchev–Trinajstić information content (AvgIpc) is 2.68. The number of aromatic nitrogens is 2. The van der Waals surface area contributed by atoms with Crippen molar-refractivity contribution in [1.82, 2.24) is 15.1 Å². The van der Waals surface area contributed by atoms with E-state index in [1.54, 1.807) is 7.11 Å². The first-order valence-corrected chi connectivity index (χ1v) is 6.89. The van der Waals surface area contributed by atoms with Crippen LogP contribution in [0, 0.1) is 13.8 Å². The fraction of sp³-hybridized carbons (Fsp3) is 0.786. The molecule has 1 atom stereocenters. The van der Waals surface area contributed by atoms with Crippen molar-refractivity contribution in [3.05, 3.63) is 17.0 Å². The second-order valence-electron chi connectivity index (χ2n) is 4.78. The van der Waals surface area contributed by atoms with Gasteiger partial charge in [-0.15, -0.1) is 0 Å². The van der Waals surface area contributed by atoms with Crippen LogP contribution in [0.25, 0.3) is 0 Å². The van der Waals surface area contributed by atoms with E-state index in [4.69, 9.17) is 9.47 Å². The standard InChI is InChI=1S/C14H27N3O2/c1-11(15-4)14-12(2)16-17(13(14)3)7-10-19-9-6-8-18-5/h11,15H,6-10H2,1-5H3. The molecule has 0 aliphatic heterocycles. The average molecular weight is 269 g/mol. The zero-order chi connectivity index (χ0) is 14.3. The fourth-order valence-electron chi connectivity index (χ4n) is 2.26. The normalized spacial score (nSPS) is 12.9. The molecule has 0 aliphatic rings. The third-order valence-corrected chi connectivity index (χ3v) is 3.39. The summed E-state index contributed by atoms with van der Waals surface area (Å²) in [6, 6.07) is 0.330. The Morgan fingerprint density at radius 2 is 2.00 bits per heavy atom. The van der Waals surface area contributed by atoms with E-state index in [-0.39, 0.29) is 0 Å². The van der Waals surface area contributed by atoms with E-state index in [2.05, 4.69) is 31.2 Å². The first-order valence-electron chi connectivity index (χ1n) is 6.89. The molecule has 0 spiro atoms. The molecular weight excluding hydrogens is 242 g/mol. The van der Waals surface area contributed by atoms with Gasteiger partial charge in [0, 0.05) is 37.6 Å². The molecular formula is C14H27N3O2. The van der Waals surface area contributed by atoms with E-state index in [0.29, 0.717) is 12.6 Å². The number of nitrogens with one attached hydrogen (secondary N) is 1. The van der Waals surface area contributed by atoms with Crippen molar-refractivity contribution >= 4 is 0 Å². The Balaban J connectivity index is 2.46. The van der Waals surface area contributed by atoms with Crippen molar-refractivity contribution in [3.8, 4) is 0 Å². The predicted octanol–water partition coefficient (Wildman–Crippen LogP) is 1.83.